The second-order valence-corrected chi connectivity index (χ2v) is 4.67. The minimum atomic E-state index is -0.570. The number of hydrogen-bond acceptors (Lipinski definition) is 4. The lowest BCUT2D eigenvalue weighted by atomic mass is 10.1. The van der Waals surface area contributed by atoms with Crippen molar-refractivity contribution in [2.45, 2.75) is 31.8 Å². The molecule has 0 heterocycles. The molecule has 0 aromatic heterocycles. The molecule has 1 aliphatic rings. The molecule has 102 valence electrons. The monoisotopic (exact) mass is 262 g/mol. The Morgan fingerprint density at radius 3 is 2.63 bits per heavy atom. The molecule has 0 spiro atoms. The second kappa shape index (κ2) is 5.71. The number of nitrogen functional groups attached to an aromatic ring is 1. The van der Waals surface area contributed by atoms with Crippen molar-refractivity contribution in [1.82, 2.24) is 10.6 Å². The molecule has 0 aliphatic heterocycles. The summed E-state index contributed by atoms with van der Waals surface area (Å²) in [6, 6.07) is 6.57. The van der Waals surface area contributed by atoms with E-state index in [1.807, 2.05) is 0 Å². The number of hydrazine groups is 1. The van der Waals surface area contributed by atoms with Gasteiger partial charge in [0, 0.05) is 6.04 Å². The molecule has 1 saturated carbocycles. The van der Waals surface area contributed by atoms with Crippen molar-refractivity contribution in [1.29, 1.82) is 0 Å². The fraction of sp³-hybridized carbons (Fsp3) is 0.385. The van der Waals surface area contributed by atoms with Gasteiger partial charge in [-0.3, -0.25) is 15.4 Å². The molecule has 5 N–H and O–H groups in total. The maximum Gasteiger partial charge on any atom is 0.254 e. The number of amides is 2. The summed E-state index contributed by atoms with van der Waals surface area (Å²) in [4.78, 5) is 23.8. The molecule has 0 radical (unpaired) electrons. The minimum Gasteiger partial charge on any atom is -0.352 e. The maximum atomic E-state index is 12.1. The first-order valence-electron chi connectivity index (χ1n) is 6.28. The molecule has 1 aromatic rings. The largest absolute Gasteiger partial charge is 0.352 e. The van der Waals surface area contributed by atoms with Gasteiger partial charge in [-0.15, -0.1) is 0 Å². The van der Waals surface area contributed by atoms with Crippen molar-refractivity contribution in [3.05, 3.63) is 29.8 Å². The molecule has 1 unspecified atom stereocenters. The summed E-state index contributed by atoms with van der Waals surface area (Å²) >= 11 is 0. The number of benzene rings is 1. The van der Waals surface area contributed by atoms with E-state index < -0.39 is 6.04 Å². The average molecular weight is 262 g/mol. The second-order valence-electron chi connectivity index (χ2n) is 4.67. The van der Waals surface area contributed by atoms with E-state index in [2.05, 4.69) is 16.1 Å². The van der Waals surface area contributed by atoms with E-state index in [1.165, 1.54) is 0 Å². The Morgan fingerprint density at radius 2 is 2.00 bits per heavy atom. The Morgan fingerprint density at radius 1 is 1.32 bits per heavy atom. The third kappa shape index (κ3) is 3.45. The zero-order valence-electron chi connectivity index (χ0n) is 10.8. The smallest absolute Gasteiger partial charge is 0.254 e. The van der Waals surface area contributed by atoms with Crippen LogP contribution in [-0.4, -0.2) is 23.9 Å². The van der Waals surface area contributed by atoms with E-state index in [0.29, 0.717) is 11.3 Å². The zero-order chi connectivity index (χ0) is 13.8. The molecule has 2 rings (SSSR count). The minimum absolute atomic E-state index is 0.158. The van der Waals surface area contributed by atoms with Crippen molar-refractivity contribution in [3.63, 3.8) is 0 Å². The molecule has 6 heteroatoms. The SMILES string of the molecule is CC(NC(=O)c1ccccc1NN)C(=O)NC1CC1. The summed E-state index contributed by atoms with van der Waals surface area (Å²) in [5, 5.41) is 5.50. The van der Waals surface area contributed by atoms with Crippen LogP contribution in [0.4, 0.5) is 5.69 Å². The van der Waals surface area contributed by atoms with Gasteiger partial charge in [0.25, 0.3) is 5.91 Å². The van der Waals surface area contributed by atoms with Crippen molar-refractivity contribution < 1.29 is 9.59 Å². The predicted octanol–water partition coefficient (Wildman–Crippen LogP) is 0.369. The van der Waals surface area contributed by atoms with E-state index >= 15 is 0 Å². The molecule has 0 saturated heterocycles. The molecule has 1 aromatic carbocycles. The van der Waals surface area contributed by atoms with E-state index in [4.69, 9.17) is 5.84 Å². The molecular weight excluding hydrogens is 244 g/mol. The van der Waals surface area contributed by atoms with Crippen LogP contribution in [0.1, 0.15) is 30.1 Å². The first-order valence-corrected chi connectivity index (χ1v) is 6.28. The number of rotatable bonds is 5. The van der Waals surface area contributed by atoms with Gasteiger partial charge >= 0.3 is 0 Å². The summed E-state index contributed by atoms with van der Waals surface area (Å²) in [5.41, 5.74) is 3.40. The highest BCUT2D eigenvalue weighted by molar-refractivity contribution is 6.01. The normalized spacial score (nSPS) is 15.5. The Balaban J connectivity index is 1.97. The van der Waals surface area contributed by atoms with Gasteiger partial charge in [0.05, 0.1) is 11.3 Å². The molecule has 1 atom stereocenters. The molecule has 6 nitrogen and oxygen atoms in total. The van der Waals surface area contributed by atoms with Crippen LogP contribution in [0.25, 0.3) is 0 Å². The van der Waals surface area contributed by atoms with Crippen LogP contribution >= 0.6 is 0 Å². The number of carbonyl (C=O) groups excluding carboxylic acids is 2. The molecular formula is C13H18N4O2. The first kappa shape index (κ1) is 13.4. The van der Waals surface area contributed by atoms with Gasteiger partial charge in [-0.2, -0.15) is 0 Å². The van der Waals surface area contributed by atoms with E-state index in [-0.39, 0.29) is 17.9 Å². The van der Waals surface area contributed by atoms with Crippen LogP contribution in [0.5, 0.6) is 0 Å². The summed E-state index contributed by atoms with van der Waals surface area (Å²) in [6.45, 7) is 1.66. The van der Waals surface area contributed by atoms with Crippen molar-refractivity contribution in [2.75, 3.05) is 5.43 Å². The Kier molecular flexibility index (Phi) is 4.01. The highest BCUT2D eigenvalue weighted by Gasteiger charge is 2.26. The number of hydrogen-bond donors (Lipinski definition) is 4. The highest BCUT2D eigenvalue weighted by Crippen LogP contribution is 2.18. The fourth-order valence-electron chi connectivity index (χ4n) is 1.70. The molecule has 2 amide bonds. The molecule has 0 bridgehead atoms. The van der Waals surface area contributed by atoms with Crippen LogP contribution in [0.2, 0.25) is 0 Å². The van der Waals surface area contributed by atoms with E-state index in [9.17, 15) is 9.59 Å². The quantitative estimate of drug-likeness (QED) is 0.455. The Labute approximate surface area is 111 Å². The van der Waals surface area contributed by atoms with Crippen LogP contribution in [-0.2, 0) is 4.79 Å². The van der Waals surface area contributed by atoms with Crippen LogP contribution in [0.3, 0.4) is 0 Å². The predicted molar refractivity (Wildman–Crippen MR) is 72.3 cm³/mol. The molecule has 19 heavy (non-hydrogen) atoms. The van der Waals surface area contributed by atoms with Crippen molar-refractivity contribution in [3.8, 4) is 0 Å². The van der Waals surface area contributed by atoms with Gasteiger partial charge in [-0.25, -0.2) is 0 Å². The number of nitrogens with two attached hydrogens (primary N) is 1. The fourth-order valence-corrected chi connectivity index (χ4v) is 1.70. The Bertz CT molecular complexity index is 485. The van der Waals surface area contributed by atoms with Crippen LogP contribution in [0, 0.1) is 0 Å². The first-order chi connectivity index (χ1) is 9.11. The third-order valence-corrected chi connectivity index (χ3v) is 2.99. The third-order valence-electron chi connectivity index (χ3n) is 2.99. The highest BCUT2D eigenvalue weighted by atomic mass is 16.2. The lowest BCUT2D eigenvalue weighted by Gasteiger charge is -2.15. The lowest BCUT2D eigenvalue weighted by Crippen LogP contribution is -2.45. The summed E-state index contributed by atoms with van der Waals surface area (Å²) in [7, 11) is 0. The van der Waals surface area contributed by atoms with Crippen molar-refractivity contribution in [2.24, 2.45) is 5.84 Å². The van der Waals surface area contributed by atoms with Gasteiger partial charge in [-0.05, 0) is 31.9 Å². The summed E-state index contributed by atoms with van der Waals surface area (Å²) in [5.74, 6) is 4.86. The molecule has 1 aliphatic carbocycles. The van der Waals surface area contributed by atoms with Gasteiger partial charge in [0.2, 0.25) is 5.91 Å². The van der Waals surface area contributed by atoms with Gasteiger partial charge in [0.15, 0.2) is 0 Å². The summed E-state index contributed by atoms with van der Waals surface area (Å²) < 4.78 is 0. The van der Waals surface area contributed by atoms with Crippen LogP contribution < -0.4 is 21.9 Å². The Hall–Kier alpha value is -2.08. The van der Waals surface area contributed by atoms with Gasteiger partial charge in [-0.1, -0.05) is 12.1 Å². The lowest BCUT2D eigenvalue weighted by molar-refractivity contribution is -0.122. The number of para-hydroxylation sites is 1. The molecule has 1 fully saturated rings. The number of carbonyl (C=O) groups is 2. The number of nitrogens with one attached hydrogen (secondary N) is 3. The van der Waals surface area contributed by atoms with Gasteiger partial charge in [0.1, 0.15) is 6.04 Å². The zero-order valence-corrected chi connectivity index (χ0v) is 10.8. The van der Waals surface area contributed by atoms with Gasteiger partial charge < -0.3 is 16.1 Å². The van der Waals surface area contributed by atoms with E-state index in [0.717, 1.165) is 12.8 Å². The topological polar surface area (TPSA) is 96.2 Å². The maximum absolute atomic E-state index is 12.1. The van der Waals surface area contributed by atoms with E-state index in [1.54, 1.807) is 31.2 Å². The van der Waals surface area contributed by atoms with Crippen molar-refractivity contribution >= 4 is 17.5 Å². The standard InChI is InChI=1S/C13H18N4O2/c1-8(12(18)16-9-6-7-9)15-13(19)10-4-2-3-5-11(10)17-14/h2-5,8-9,17H,6-7,14H2,1H3,(H,15,19)(H,16,18). The summed E-state index contributed by atoms with van der Waals surface area (Å²) in [6.07, 6.45) is 2.04. The van der Waals surface area contributed by atoms with Crippen LogP contribution in [0.15, 0.2) is 24.3 Å². The average Bonchev–Trinajstić information content (AvgIpc) is 3.22. The number of anilines is 1.